The molecule has 0 radical (unpaired) electrons. The first-order valence-electron chi connectivity index (χ1n) is 7.15. The molecule has 0 saturated heterocycles. The number of anilines is 1. The van der Waals surface area contributed by atoms with Crippen molar-refractivity contribution < 1.29 is 4.79 Å². The van der Waals surface area contributed by atoms with Gasteiger partial charge in [0.25, 0.3) is 5.91 Å². The van der Waals surface area contributed by atoms with E-state index in [9.17, 15) is 4.79 Å². The number of nitrogens with one attached hydrogen (secondary N) is 1. The minimum absolute atomic E-state index is 0.237. The maximum Gasteiger partial charge on any atom is 0.275 e. The third kappa shape index (κ3) is 3.82. The average molecular weight is 299 g/mol. The molecule has 1 aromatic heterocycles. The highest BCUT2D eigenvalue weighted by Crippen LogP contribution is 2.34. The highest BCUT2D eigenvalue weighted by atomic mass is 32.2. The molecule has 1 saturated carbocycles. The largest absolute Gasteiger partial charge is 0.321 e. The topological polar surface area (TPSA) is 54.9 Å². The lowest BCUT2D eigenvalue weighted by Crippen LogP contribution is -2.13. The Hall–Kier alpha value is -1.88. The van der Waals surface area contributed by atoms with Crippen molar-refractivity contribution in [3.05, 3.63) is 48.5 Å². The zero-order valence-corrected chi connectivity index (χ0v) is 12.5. The summed E-state index contributed by atoms with van der Waals surface area (Å²) in [5.41, 5.74) is 1.10. The molecule has 4 nitrogen and oxygen atoms in total. The average Bonchev–Trinajstić information content (AvgIpc) is 3.03. The summed E-state index contributed by atoms with van der Waals surface area (Å²) in [5.74, 6) is -0.237. The summed E-state index contributed by atoms with van der Waals surface area (Å²) in [6.07, 6.45) is 9.85. The van der Waals surface area contributed by atoms with Crippen molar-refractivity contribution in [3.8, 4) is 0 Å². The second-order valence-corrected chi connectivity index (χ2v) is 6.47. The molecule has 1 aliphatic carbocycles. The number of carbonyl (C=O) groups is 1. The molecule has 3 rings (SSSR count). The van der Waals surface area contributed by atoms with Crippen LogP contribution in [0.2, 0.25) is 0 Å². The zero-order chi connectivity index (χ0) is 14.5. The number of rotatable bonds is 4. The summed E-state index contributed by atoms with van der Waals surface area (Å²) in [6.45, 7) is 0. The van der Waals surface area contributed by atoms with E-state index in [4.69, 9.17) is 0 Å². The summed E-state index contributed by atoms with van der Waals surface area (Å²) in [6, 6.07) is 8.00. The van der Waals surface area contributed by atoms with Crippen molar-refractivity contribution in [3.63, 3.8) is 0 Å². The van der Waals surface area contributed by atoms with Gasteiger partial charge in [-0.3, -0.25) is 9.78 Å². The first-order chi connectivity index (χ1) is 10.3. The van der Waals surface area contributed by atoms with E-state index in [1.165, 1.54) is 43.0 Å². The molecule has 0 atom stereocenters. The number of aromatic nitrogens is 2. The van der Waals surface area contributed by atoms with Gasteiger partial charge in [-0.15, -0.1) is 11.8 Å². The number of amides is 1. The minimum Gasteiger partial charge on any atom is -0.321 e. The van der Waals surface area contributed by atoms with E-state index in [1.54, 1.807) is 6.20 Å². The van der Waals surface area contributed by atoms with E-state index in [2.05, 4.69) is 27.4 Å². The molecule has 21 heavy (non-hydrogen) atoms. The summed E-state index contributed by atoms with van der Waals surface area (Å²) in [4.78, 5) is 21.1. The van der Waals surface area contributed by atoms with E-state index in [1.807, 2.05) is 23.9 Å². The number of hydrogen-bond donors (Lipinski definition) is 1. The Morgan fingerprint density at radius 2 is 1.90 bits per heavy atom. The third-order valence-corrected chi connectivity index (χ3v) is 4.86. The molecular weight excluding hydrogens is 282 g/mol. The Balaban J connectivity index is 1.60. The monoisotopic (exact) mass is 299 g/mol. The van der Waals surface area contributed by atoms with Gasteiger partial charge in [0.2, 0.25) is 0 Å². The van der Waals surface area contributed by atoms with Crippen LogP contribution in [0.3, 0.4) is 0 Å². The molecule has 0 unspecified atom stereocenters. The van der Waals surface area contributed by atoms with Gasteiger partial charge in [0.05, 0.1) is 6.20 Å². The first-order valence-corrected chi connectivity index (χ1v) is 8.03. The van der Waals surface area contributed by atoms with Crippen molar-refractivity contribution in [2.24, 2.45) is 0 Å². The molecular formula is C16H17N3OS. The molecule has 108 valence electrons. The predicted molar refractivity (Wildman–Crippen MR) is 84.5 cm³/mol. The molecule has 1 amide bonds. The van der Waals surface area contributed by atoms with Gasteiger partial charge in [0, 0.05) is 28.2 Å². The molecule has 1 aromatic carbocycles. The number of nitrogens with zero attached hydrogens (tertiary/aromatic N) is 2. The molecule has 1 aliphatic rings. The van der Waals surface area contributed by atoms with E-state index < -0.39 is 0 Å². The van der Waals surface area contributed by atoms with Crippen molar-refractivity contribution in [2.75, 3.05) is 5.32 Å². The molecule has 1 heterocycles. The fourth-order valence-corrected chi connectivity index (χ4v) is 3.67. The predicted octanol–water partition coefficient (Wildman–Crippen LogP) is 3.76. The van der Waals surface area contributed by atoms with Gasteiger partial charge in [-0.2, -0.15) is 0 Å². The molecule has 1 fully saturated rings. The normalized spacial score (nSPS) is 15.0. The van der Waals surface area contributed by atoms with E-state index >= 15 is 0 Å². The lowest BCUT2D eigenvalue weighted by atomic mass is 10.3. The number of benzene rings is 1. The third-order valence-electron chi connectivity index (χ3n) is 3.51. The summed E-state index contributed by atoms with van der Waals surface area (Å²) < 4.78 is 0. The lowest BCUT2D eigenvalue weighted by Gasteiger charge is -2.09. The van der Waals surface area contributed by atoms with Crippen LogP contribution in [-0.2, 0) is 0 Å². The van der Waals surface area contributed by atoms with Crippen molar-refractivity contribution in [2.45, 2.75) is 35.8 Å². The maximum atomic E-state index is 12.0. The molecule has 1 N–H and O–H groups in total. The Kier molecular flexibility index (Phi) is 4.50. The smallest absolute Gasteiger partial charge is 0.275 e. The number of carbonyl (C=O) groups excluding carboxylic acids is 1. The summed E-state index contributed by atoms with van der Waals surface area (Å²) in [7, 11) is 0. The van der Waals surface area contributed by atoms with Crippen LogP contribution in [0.25, 0.3) is 0 Å². The van der Waals surface area contributed by atoms with Crippen molar-refractivity contribution >= 4 is 23.4 Å². The summed E-state index contributed by atoms with van der Waals surface area (Å²) in [5, 5.41) is 3.58. The van der Waals surface area contributed by atoms with Gasteiger partial charge in [-0.05, 0) is 37.1 Å². The number of hydrogen-bond acceptors (Lipinski definition) is 4. The van der Waals surface area contributed by atoms with Gasteiger partial charge >= 0.3 is 0 Å². The standard InChI is InChI=1S/C16H17N3OS/c20-16(15-11-17-9-10-18-15)19-12-5-7-14(8-6-12)21-13-3-1-2-4-13/h5-11,13H,1-4H2,(H,19,20). The van der Waals surface area contributed by atoms with Crippen LogP contribution in [0.15, 0.2) is 47.8 Å². The number of thioether (sulfide) groups is 1. The van der Waals surface area contributed by atoms with Crippen LogP contribution in [-0.4, -0.2) is 21.1 Å². The zero-order valence-electron chi connectivity index (χ0n) is 11.7. The van der Waals surface area contributed by atoms with Crippen LogP contribution in [0, 0.1) is 0 Å². The Bertz CT molecular complexity index is 595. The summed E-state index contributed by atoms with van der Waals surface area (Å²) >= 11 is 1.94. The minimum atomic E-state index is -0.237. The van der Waals surface area contributed by atoms with Gasteiger partial charge in [0.1, 0.15) is 5.69 Å². The van der Waals surface area contributed by atoms with Gasteiger partial charge < -0.3 is 5.32 Å². The molecule has 0 bridgehead atoms. The molecule has 0 spiro atoms. The van der Waals surface area contributed by atoms with Crippen LogP contribution in [0.4, 0.5) is 5.69 Å². The highest BCUT2D eigenvalue weighted by Gasteiger charge is 2.16. The van der Waals surface area contributed by atoms with Gasteiger partial charge in [0.15, 0.2) is 0 Å². The van der Waals surface area contributed by atoms with Crippen LogP contribution in [0.5, 0.6) is 0 Å². The fourth-order valence-electron chi connectivity index (χ4n) is 2.43. The first kappa shape index (κ1) is 14.1. The van der Waals surface area contributed by atoms with E-state index in [0.717, 1.165) is 10.9 Å². The van der Waals surface area contributed by atoms with Crippen LogP contribution < -0.4 is 5.32 Å². The van der Waals surface area contributed by atoms with E-state index in [0.29, 0.717) is 5.69 Å². The Morgan fingerprint density at radius 1 is 1.14 bits per heavy atom. The lowest BCUT2D eigenvalue weighted by molar-refractivity contribution is 0.102. The maximum absolute atomic E-state index is 12.0. The van der Waals surface area contributed by atoms with E-state index in [-0.39, 0.29) is 5.91 Å². The van der Waals surface area contributed by atoms with Crippen LogP contribution >= 0.6 is 11.8 Å². The fraction of sp³-hybridized carbons (Fsp3) is 0.312. The van der Waals surface area contributed by atoms with Crippen molar-refractivity contribution in [1.29, 1.82) is 0 Å². The Labute approximate surface area is 128 Å². The Morgan fingerprint density at radius 3 is 2.57 bits per heavy atom. The van der Waals surface area contributed by atoms with Crippen LogP contribution in [0.1, 0.15) is 36.2 Å². The highest BCUT2D eigenvalue weighted by molar-refractivity contribution is 8.00. The quantitative estimate of drug-likeness (QED) is 0.934. The molecule has 2 aromatic rings. The second kappa shape index (κ2) is 6.72. The van der Waals surface area contributed by atoms with Crippen molar-refractivity contribution in [1.82, 2.24) is 9.97 Å². The SMILES string of the molecule is O=C(Nc1ccc(SC2CCCC2)cc1)c1cnccn1. The van der Waals surface area contributed by atoms with Gasteiger partial charge in [-0.25, -0.2) is 4.98 Å². The molecule has 0 aliphatic heterocycles. The molecule has 5 heteroatoms. The second-order valence-electron chi connectivity index (χ2n) is 5.09. The van der Waals surface area contributed by atoms with Gasteiger partial charge in [-0.1, -0.05) is 12.8 Å².